The third kappa shape index (κ3) is 8.96. The summed E-state index contributed by atoms with van der Waals surface area (Å²) in [5, 5.41) is -0.101. The normalized spacial score (nSPS) is 19.7. The number of carbonyl (C=O) groups is 2. The Morgan fingerprint density at radius 1 is 0.704 bits per heavy atom. The largest absolute Gasteiger partial charge is 0.497 e. The van der Waals surface area contributed by atoms with E-state index in [1.807, 2.05) is 120 Å². The summed E-state index contributed by atoms with van der Waals surface area (Å²) in [5.41, 5.74) is -0.753. The van der Waals surface area contributed by atoms with Crippen molar-refractivity contribution >= 4 is 20.3 Å². The quantitative estimate of drug-likeness (QED) is 0.0737. The minimum atomic E-state index is -2.36. The number of ether oxygens (including phenoxy) is 5. The molecule has 0 aliphatic heterocycles. The maximum atomic E-state index is 13.8. The van der Waals surface area contributed by atoms with Gasteiger partial charge in [-0.3, -0.25) is 9.59 Å². The number of methoxy groups -OCH3 is 2. The van der Waals surface area contributed by atoms with Crippen LogP contribution in [-0.2, 0) is 33.8 Å². The average Bonchev–Trinajstić information content (AvgIpc) is 3.35. The van der Waals surface area contributed by atoms with E-state index in [1.54, 1.807) is 14.2 Å². The fourth-order valence-corrected chi connectivity index (χ4v) is 7.65. The molecule has 8 nitrogen and oxygen atoms in total. The van der Waals surface area contributed by atoms with Crippen molar-refractivity contribution in [2.45, 2.75) is 105 Å². The van der Waals surface area contributed by atoms with E-state index in [0.29, 0.717) is 23.5 Å². The van der Waals surface area contributed by atoms with Gasteiger partial charge in [0, 0.05) is 6.42 Å². The van der Waals surface area contributed by atoms with E-state index in [-0.39, 0.29) is 30.2 Å². The van der Waals surface area contributed by atoms with Crippen molar-refractivity contribution in [3.63, 3.8) is 0 Å². The number of hydrogen-bond acceptors (Lipinski definition) is 8. The van der Waals surface area contributed by atoms with Crippen LogP contribution in [-0.4, -0.2) is 59.9 Å². The Labute approximate surface area is 324 Å². The first-order valence-corrected chi connectivity index (χ1v) is 21.7. The van der Waals surface area contributed by atoms with E-state index >= 15 is 0 Å². The van der Waals surface area contributed by atoms with Crippen LogP contribution >= 0.6 is 0 Å². The summed E-state index contributed by atoms with van der Waals surface area (Å²) in [7, 11) is 0.904. The third-order valence-corrected chi connectivity index (χ3v) is 15.5. The van der Waals surface area contributed by atoms with Gasteiger partial charge >= 0.3 is 11.9 Å². The van der Waals surface area contributed by atoms with Gasteiger partial charge in [-0.2, -0.15) is 0 Å². The number of esters is 2. The van der Waals surface area contributed by atoms with Crippen LogP contribution in [0.15, 0.2) is 91.0 Å². The molecule has 9 heteroatoms. The molecule has 0 spiro atoms. The lowest BCUT2D eigenvalue weighted by Crippen LogP contribution is -2.48. The van der Waals surface area contributed by atoms with Crippen molar-refractivity contribution in [2.75, 3.05) is 27.4 Å². The first-order valence-electron chi connectivity index (χ1n) is 18.8. The highest BCUT2D eigenvalue weighted by Crippen LogP contribution is 2.52. The van der Waals surface area contributed by atoms with Gasteiger partial charge in [-0.15, -0.1) is 0 Å². The van der Waals surface area contributed by atoms with E-state index in [4.69, 9.17) is 28.1 Å². The van der Waals surface area contributed by atoms with Crippen LogP contribution in [0.25, 0.3) is 0 Å². The minimum Gasteiger partial charge on any atom is -0.497 e. The zero-order chi connectivity index (χ0) is 40.3. The predicted octanol–water partition coefficient (Wildman–Crippen LogP) is 9.90. The Balaban J connectivity index is 1.99. The Bertz CT molecular complexity index is 1700. The van der Waals surface area contributed by atoms with E-state index in [0.717, 1.165) is 16.7 Å². The summed E-state index contributed by atoms with van der Waals surface area (Å²) in [6.07, 6.45) is -0.916. The molecule has 0 aromatic heterocycles. The minimum absolute atomic E-state index is 0.0321. The number of benzene rings is 3. The van der Waals surface area contributed by atoms with Crippen LogP contribution in [0.1, 0.15) is 85.4 Å². The van der Waals surface area contributed by atoms with Crippen molar-refractivity contribution < 1.29 is 37.7 Å². The summed E-state index contributed by atoms with van der Waals surface area (Å²) in [6, 6.07) is 25.6. The molecule has 0 amide bonds. The summed E-state index contributed by atoms with van der Waals surface area (Å²) in [4.78, 5) is 27.3. The highest BCUT2D eigenvalue weighted by Gasteiger charge is 2.58. The lowest BCUT2D eigenvalue weighted by molar-refractivity contribution is -0.175. The van der Waals surface area contributed by atoms with Gasteiger partial charge in [0.2, 0.25) is 0 Å². The van der Waals surface area contributed by atoms with Crippen LogP contribution in [0.3, 0.4) is 0 Å². The van der Waals surface area contributed by atoms with Crippen LogP contribution in [0, 0.1) is 16.2 Å². The van der Waals surface area contributed by atoms with Gasteiger partial charge in [-0.25, -0.2) is 0 Å². The molecule has 4 rings (SSSR count). The molecule has 0 unspecified atom stereocenters. The topological polar surface area (TPSA) is 89.5 Å². The fraction of sp³-hybridized carbons (Fsp3) is 0.511. The predicted molar refractivity (Wildman–Crippen MR) is 216 cm³/mol. The number of rotatable bonds is 13. The molecule has 0 bridgehead atoms. The van der Waals surface area contributed by atoms with Crippen molar-refractivity contribution in [3.8, 4) is 11.5 Å². The summed E-state index contributed by atoms with van der Waals surface area (Å²) < 4.78 is 38.3. The van der Waals surface area contributed by atoms with Gasteiger partial charge < -0.3 is 28.1 Å². The highest BCUT2D eigenvalue weighted by molar-refractivity contribution is 6.74. The summed E-state index contributed by atoms with van der Waals surface area (Å²) in [6.45, 7) is 26.4. The first kappa shape index (κ1) is 42.8. The fourth-order valence-electron chi connectivity index (χ4n) is 6.34. The molecular formula is C45H62O8Si. The molecule has 1 saturated carbocycles. The second-order valence-corrected chi connectivity index (χ2v) is 22.8. The second-order valence-electron chi connectivity index (χ2n) is 18.0. The smallest absolute Gasteiger partial charge is 0.311 e. The maximum Gasteiger partial charge on any atom is 0.311 e. The standard InChI is InChI=1S/C45H62O8Si/c1-31-37(53-54(13,14)43(8,9)10)28-38(52-40(47)42(5,6)7)44(31,29-50-39(46)41(2,3)4)30-51-45(32-18-16-15-17-19-32,33-20-24-35(48-11)25-21-33)34-22-26-36(49-12)27-23-34/h15-27,37-38H,1,28-30H2,2-14H3/t37-,38+,44-/m1/s1. The van der Waals surface area contributed by atoms with Crippen molar-refractivity contribution in [1.29, 1.82) is 0 Å². The molecule has 3 aromatic rings. The molecule has 3 atom stereocenters. The zero-order valence-electron chi connectivity index (χ0n) is 34.8. The van der Waals surface area contributed by atoms with Gasteiger partial charge in [-0.05, 0) is 106 Å². The lowest BCUT2D eigenvalue weighted by Gasteiger charge is -2.43. The Hall–Kier alpha value is -3.92. The van der Waals surface area contributed by atoms with E-state index < -0.39 is 42.4 Å². The van der Waals surface area contributed by atoms with E-state index in [9.17, 15) is 9.59 Å². The van der Waals surface area contributed by atoms with Crippen LogP contribution in [0.5, 0.6) is 11.5 Å². The molecule has 0 radical (unpaired) electrons. The van der Waals surface area contributed by atoms with Gasteiger partial charge in [0.15, 0.2) is 8.32 Å². The monoisotopic (exact) mass is 758 g/mol. The van der Waals surface area contributed by atoms with Crippen molar-refractivity contribution in [3.05, 3.63) is 108 Å². The lowest BCUT2D eigenvalue weighted by atomic mass is 9.78. The number of carbonyl (C=O) groups excluding carboxylic acids is 2. The first-order chi connectivity index (χ1) is 25.0. The van der Waals surface area contributed by atoms with E-state index in [2.05, 4.69) is 40.4 Å². The van der Waals surface area contributed by atoms with Crippen LogP contribution in [0.2, 0.25) is 18.1 Å². The van der Waals surface area contributed by atoms with Crippen molar-refractivity contribution in [1.82, 2.24) is 0 Å². The molecule has 0 heterocycles. The Morgan fingerprint density at radius 2 is 1.17 bits per heavy atom. The molecule has 0 saturated heterocycles. The van der Waals surface area contributed by atoms with Crippen molar-refractivity contribution in [2.24, 2.45) is 16.2 Å². The number of hydrogen-bond donors (Lipinski definition) is 0. The summed E-state index contributed by atoms with van der Waals surface area (Å²) in [5.74, 6) is 0.637. The highest BCUT2D eigenvalue weighted by atomic mass is 28.4. The van der Waals surface area contributed by atoms with E-state index in [1.165, 1.54) is 0 Å². The molecule has 1 fully saturated rings. The third-order valence-electron chi connectivity index (χ3n) is 11.0. The maximum absolute atomic E-state index is 13.8. The average molecular weight is 759 g/mol. The molecule has 54 heavy (non-hydrogen) atoms. The Morgan fingerprint density at radius 3 is 1.59 bits per heavy atom. The van der Waals surface area contributed by atoms with Gasteiger partial charge in [0.05, 0.1) is 43.2 Å². The second kappa shape index (κ2) is 16.0. The molecule has 0 N–H and O–H groups in total. The molecule has 294 valence electrons. The van der Waals surface area contributed by atoms with Gasteiger partial charge in [-0.1, -0.05) is 81.9 Å². The van der Waals surface area contributed by atoms with Crippen LogP contribution < -0.4 is 9.47 Å². The molecule has 3 aromatic carbocycles. The molecule has 1 aliphatic carbocycles. The van der Waals surface area contributed by atoms with Gasteiger partial charge in [0.1, 0.15) is 29.8 Å². The molecule has 1 aliphatic rings. The SMILES string of the molecule is C=C1[C@H](O[Si](C)(C)C(C)(C)C)C[C@H](OC(=O)C(C)(C)C)[C@]1(COC(=O)C(C)(C)C)COC(c1ccccc1)(c1ccc(OC)cc1)c1ccc(OC)cc1. The Kier molecular flexibility index (Phi) is 12.7. The molecular weight excluding hydrogens is 697 g/mol. The summed E-state index contributed by atoms with van der Waals surface area (Å²) >= 11 is 0. The van der Waals surface area contributed by atoms with Crippen LogP contribution in [0.4, 0.5) is 0 Å². The van der Waals surface area contributed by atoms with Gasteiger partial charge in [0.25, 0.3) is 0 Å². The zero-order valence-corrected chi connectivity index (χ0v) is 35.8.